The summed E-state index contributed by atoms with van der Waals surface area (Å²) in [4.78, 5) is 2.66. The van der Waals surface area contributed by atoms with Gasteiger partial charge >= 0.3 is 0 Å². The van der Waals surface area contributed by atoms with Crippen molar-refractivity contribution in [3.8, 4) is 5.75 Å². The van der Waals surface area contributed by atoms with E-state index in [1.165, 1.54) is 31.5 Å². The molecule has 20 heavy (non-hydrogen) atoms. The van der Waals surface area contributed by atoms with Crippen LogP contribution in [0.3, 0.4) is 0 Å². The smallest absolute Gasteiger partial charge is 0.119 e. The highest BCUT2D eigenvalue weighted by Crippen LogP contribution is 2.44. The maximum atomic E-state index is 5.75. The summed E-state index contributed by atoms with van der Waals surface area (Å²) >= 11 is 0. The molecule has 1 aromatic rings. The number of benzene rings is 1. The molecule has 1 saturated heterocycles. The van der Waals surface area contributed by atoms with Gasteiger partial charge in [-0.2, -0.15) is 0 Å². The van der Waals surface area contributed by atoms with E-state index in [-0.39, 0.29) is 6.10 Å². The number of rotatable bonds is 5. The van der Waals surface area contributed by atoms with Gasteiger partial charge in [0, 0.05) is 32.2 Å². The summed E-state index contributed by atoms with van der Waals surface area (Å²) in [5.74, 6) is 1.85. The van der Waals surface area contributed by atoms with Crippen molar-refractivity contribution in [2.24, 2.45) is 5.92 Å². The zero-order valence-electron chi connectivity index (χ0n) is 12.6. The van der Waals surface area contributed by atoms with E-state index >= 15 is 0 Å². The van der Waals surface area contributed by atoms with Crippen LogP contribution >= 0.6 is 0 Å². The predicted octanol–water partition coefficient (Wildman–Crippen LogP) is 2.83. The molecule has 0 radical (unpaired) electrons. The third kappa shape index (κ3) is 3.33. The van der Waals surface area contributed by atoms with Gasteiger partial charge in [-0.25, -0.2) is 0 Å². The van der Waals surface area contributed by atoms with E-state index in [2.05, 4.69) is 48.3 Å². The lowest BCUT2D eigenvalue weighted by Gasteiger charge is -2.35. The van der Waals surface area contributed by atoms with Gasteiger partial charge in [0.25, 0.3) is 0 Å². The van der Waals surface area contributed by atoms with Crippen molar-refractivity contribution in [1.29, 1.82) is 0 Å². The Labute approximate surface area is 122 Å². The minimum Gasteiger partial charge on any atom is -0.491 e. The summed E-state index contributed by atoms with van der Waals surface area (Å²) in [5, 5.41) is 3.45. The lowest BCUT2D eigenvalue weighted by molar-refractivity contribution is 0.156. The first-order valence-corrected chi connectivity index (χ1v) is 7.95. The molecular formula is C17H26N2O. The maximum absolute atomic E-state index is 5.75. The SMILES string of the molecule is CC(C)Oc1ccc([C@@H](C2CC2)N2CCNCC2)cc1. The molecule has 3 rings (SSSR count). The lowest BCUT2D eigenvalue weighted by Crippen LogP contribution is -2.45. The molecule has 2 fully saturated rings. The average Bonchev–Trinajstić information content (AvgIpc) is 3.26. The standard InChI is InChI=1S/C17H26N2O/c1-13(2)20-16-7-5-15(6-8-16)17(14-3-4-14)19-11-9-18-10-12-19/h5-8,13-14,17-18H,3-4,9-12H2,1-2H3/t17-/m1/s1. The molecule has 1 saturated carbocycles. The molecule has 0 spiro atoms. The number of piperazine rings is 1. The fourth-order valence-electron chi connectivity index (χ4n) is 3.17. The normalized spacial score (nSPS) is 21.9. The highest BCUT2D eigenvalue weighted by atomic mass is 16.5. The predicted molar refractivity (Wildman–Crippen MR) is 82.1 cm³/mol. The molecule has 3 nitrogen and oxygen atoms in total. The first-order chi connectivity index (χ1) is 9.74. The Kier molecular flexibility index (Phi) is 4.27. The minimum atomic E-state index is 0.244. The van der Waals surface area contributed by atoms with Gasteiger partial charge in [-0.05, 0) is 50.3 Å². The van der Waals surface area contributed by atoms with Crippen molar-refractivity contribution in [3.63, 3.8) is 0 Å². The van der Waals surface area contributed by atoms with E-state index in [0.717, 1.165) is 24.8 Å². The molecule has 0 aromatic heterocycles. The highest BCUT2D eigenvalue weighted by Gasteiger charge is 2.36. The maximum Gasteiger partial charge on any atom is 0.119 e. The van der Waals surface area contributed by atoms with Crippen LogP contribution in [-0.2, 0) is 0 Å². The summed E-state index contributed by atoms with van der Waals surface area (Å²) in [5.41, 5.74) is 1.46. The molecule has 1 N–H and O–H groups in total. The quantitative estimate of drug-likeness (QED) is 0.893. The zero-order chi connectivity index (χ0) is 13.9. The molecule has 0 unspecified atom stereocenters. The van der Waals surface area contributed by atoms with Crippen LogP contribution in [0.1, 0.15) is 38.3 Å². The van der Waals surface area contributed by atoms with Crippen LogP contribution in [0, 0.1) is 5.92 Å². The Balaban J connectivity index is 1.73. The van der Waals surface area contributed by atoms with Crippen LogP contribution in [-0.4, -0.2) is 37.2 Å². The molecule has 2 aliphatic rings. The van der Waals surface area contributed by atoms with E-state index in [9.17, 15) is 0 Å². The third-order valence-electron chi connectivity index (χ3n) is 4.21. The summed E-state index contributed by atoms with van der Waals surface area (Å²) in [6.45, 7) is 8.73. The lowest BCUT2D eigenvalue weighted by atomic mass is 9.99. The van der Waals surface area contributed by atoms with Crippen molar-refractivity contribution in [1.82, 2.24) is 10.2 Å². The second kappa shape index (κ2) is 6.15. The fourth-order valence-corrected chi connectivity index (χ4v) is 3.17. The monoisotopic (exact) mass is 274 g/mol. The van der Waals surface area contributed by atoms with Gasteiger partial charge in [0.2, 0.25) is 0 Å². The van der Waals surface area contributed by atoms with Gasteiger partial charge in [0.05, 0.1) is 6.10 Å². The molecule has 1 aromatic carbocycles. The molecule has 1 aliphatic carbocycles. The van der Waals surface area contributed by atoms with Gasteiger partial charge in [0.15, 0.2) is 0 Å². The van der Waals surface area contributed by atoms with Crippen molar-refractivity contribution >= 4 is 0 Å². The highest BCUT2D eigenvalue weighted by molar-refractivity contribution is 5.30. The Morgan fingerprint density at radius 1 is 1.10 bits per heavy atom. The topological polar surface area (TPSA) is 24.5 Å². The average molecular weight is 274 g/mol. The zero-order valence-corrected chi connectivity index (χ0v) is 12.6. The van der Waals surface area contributed by atoms with E-state index in [0.29, 0.717) is 6.04 Å². The van der Waals surface area contributed by atoms with Crippen molar-refractivity contribution < 1.29 is 4.74 Å². The molecule has 3 heteroatoms. The van der Waals surface area contributed by atoms with Crippen molar-refractivity contribution in [2.45, 2.75) is 38.8 Å². The molecule has 1 aliphatic heterocycles. The van der Waals surface area contributed by atoms with Crippen LogP contribution in [0.25, 0.3) is 0 Å². The van der Waals surface area contributed by atoms with E-state index in [1.807, 2.05) is 0 Å². The Morgan fingerprint density at radius 2 is 1.75 bits per heavy atom. The molecular weight excluding hydrogens is 248 g/mol. The number of nitrogens with one attached hydrogen (secondary N) is 1. The van der Waals surface area contributed by atoms with Gasteiger partial charge < -0.3 is 10.1 Å². The number of nitrogens with zero attached hydrogens (tertiary/aromatic N) is 1. The Bertz CT molecular complexity index is 419. The van der Waals surface area contributed by atoms with Gasteiger partial charge in [-0.3, -0.25) is 4.90 Å². The van der Waals surface area contributed by atoms with Crippen LogP contribution in [0.4, 0.5) is 0 Å². The Hall–Kier alpha value is -1.06. The molecule has 110 valence electrons. The third-order valence-corrected chi connectivity index (χ3v) is 4.21. The summed E-state index contributed by atoms with van der Waals surface area (Å²) in [7, 11) is 0. The molecule has 0 bridgehead atoms. The first kappa shape index (κ1) is 13.9. The van der Waals surface area contributed by atoms with Crippen LogP contribution in [0.5, 0.6) is 5.75 Å². The van der Waals surface area contributed by atoms with Gasteiger partial charge in [0.1, 0.15) is 5.75 Å². The molecule has 1 atom stereocenters. The van der Waals surface area contributed by atoms with E-state index < -0.39 is 0 Å². The minimum absolute atomic E-state index is 0.244. The largest absolute Gasteiger partial charge is 0.491 e. The molecule has 1 heterocycles. The number of hydrogen-bond acceptors (Lipinski definition) is 3. The van der Waals surface area contributed by atoms with Crippen LogP contribution in [0.15, 0.2) is 24.3 Å². The number of hydrogen-bond donors (Lipinski definition) is 1. The van der Waals surface area contributed by atoms with Crippen molar-refractivity contribution in [2.75, 3.05) is 26.2 Å². The molecule has 0 amide bonds. The van der Waals surface area contributed by atoms with Gasteiger partial charge in [-0.1, -0.05) is 12.1 Å². The van der Waals surface area contributed by atoms with E-state index in [1.54, 1.807) is 0 Å². The van der Waals surface area contributed by atoms with E-state index in [4.69, 9.17) is 4.74 Å². The summed E-state index contributed by atoms with van der Waals surface area (Å²) in [6, 6.07) is 9.41. The fraction of sp³-hybridized carbons (Fsp3) is 0.647. The Morgan fingerprint density at radius 3 is 2.30 bits per heavy atom. The summed E-state index contributed by atoms with van der Waals surface area (Å²) < 4.78 is 5.75. The van der Waals surface area contributed by atoms with Crippen LogP contribution in [0.2, 0.25) is 0 Å². The second-order valence-corrected chi connectivity index (χ2v) is 6.30. The van der Waals surface area contributed by atoms with Gasteiger partial charge in [-0.15, -0.1) is 0 Å². The summed E-state index contributed by atoms with van der Waals surface area (Å²) in [6.07, 6.45) is 3.02. The van der Waals surface area contributed by atoms with Crippen molar-refractivity contribution in [3.05, 3.63) is 29.8 Å². The second-order valence-electron chi connectivity index (χ2n) is 6.30. The number of ether oxygens (including phenoxy) is 1. The van der Waals surface area contributed by atoms with Crippen LogP contribution < -0.4 is 10.1 Å². The first-order valence-electron chi connectivity index (χ1n) is 7.95.